The van der Waals surface area contributed by atoms with Gasteiger partial charge in [-0.1, -0.05) is 29.4 Å². The Hall–Kier alpha value is -3.65. The van der Waals surface area contributed by atoms with Crippen molar-refractivity contribution < 1.29 is 18.8 Å². The fourth-order valence-corrected chi connectivity index (χ4v) is 3.67. The molecule has 1 amide bonds. The van der Waals surface area contributed by atoms with E-state index in [9.17, 15) is 4.79 Å². The van der Waals surface area contributed by atoms with E-state index in [-0.39, 0.29) is 12.7 Å². The Bertz CT molecular complexity index is 1170. The van der Waals surface area contributed by atoms with E-state index in [0.717, 1.165) is 10.4 Å². The summed E-state index contributed by atoms with van der Waals surface area (Å²) in [4.78, 5) is 18.1. The summed E-state index contributed by atoms with van der Waals surface area (Å²) in [6.07, 6.45) is 0.413. The standard InChI is InChI=1S/C21H15N3O4S/c25-21(14-7-8-16-17(10-14)27-12-26-16)22-15-5-2-1-4-13(15)11-19-23-20(24-28-19)18-6-3-9-29-18/h1-10H,11-12H2,(H,22,25). The lowest BCUT2D eigenvalue weighted by atomic mass is 10.1. The number of thiophene rings is 1. The van der Waals surface area contributed by atoms with Gasteiger partial charge in [0.05, 0.1) is 11.3 Å². The van der Waals surface area contributed by atoms with E-state index in [4.69, 9.17) is 14.0 Å². The summed E-state index contributed by atoms with van der Waals surface area (Å²) < 4.78 is 16.0. The third kappa shape index (κ3) is 3.57. The van der Waals surface area contributed by atoms with E-state index < -0.39 is 0 Å². The van der Waals surface area contributed by atoms with Crippen molar-refractivity contribution in [3.8, 4) is 22.2 Å². The Morgan fingerprint density at radius 1 is 1.07 bits per heavy atom. The highest BCUT2D eigenvalue weighted by Gasteiger charge is 2.18. The van der Waals surface area contributed by atoms with Crippen LogP contribution in [0.25, 0.3) is 10.7 Å². The number of hydrogen-bond acceptors (Lipinski definition) is 7. The molecule has 0 spiro atoms. The molecular weight excluding hydrogens is 390 g/mol. The molecule has 0 atom stereocenters. The van der Waals surface area contributed by atoms with Crippen LogP contribution >= 0.6 is 11.3 Å². The second kappa shape index (κ2) is 7.40. The molecule has 0 radical (unpaired) electrons. The molecule has 0 saturated carbocycles. The van der Waals surface area contributed by atoms with Crippen molar-refractivity contribution in [3.05, 3.63) is 77.0 Å². The number of carbonyl (C=O) groups is 1. The fraction of sp³-hybridized carbons (Fsp3) is 0.0952. The summed E-state index contributed by atoms with van der Waals surface area (Å²) in [5.74, 6) is 2.02. The van der Waals surface area contributed by atoms with Crippen LogP contribution in [-0.4, -0.2) is 22.8 Å². The number of benzene rings is 2. The quantitative estimate of drug-likeness (QED) is 0.531. The van der Waals surface area contributed by atoms with Crippen molar-refractivity contribution in [2.24, 2.45) is 0 Å². The molecule has 0 unspecified atom stereocenters. The first kappa shape index (κ1) is 17.4. The smallest absolute Gasteiger partial charge is 0.255 e. The SMILES string of the molecule is O=C(Nc1ccccc1Cc1nc(-c2cccs2)no1)c1ccc2c(c1)OCO2. The molecule has 8 heteroatoms. The Labute approximate surface area is 169 Å². The number of fused-ring (bicyclic) bond motifs is 1. The summed E-state index contributed by atoms with van der Waals surface area (Å²) in [5.41, 5.74) is 2.05. The van der Waals surface area contributed by atoms with Gasteiger partial charge in [0.15, 0.2) is 11.5 Å². The summed E-state index contributed by atoms with van der Waals surface area (Å²) >= 11 is 1.55. The molecule has 144 valence electrons. The number of nitrogens with zero attached hydrogens (tertiary/aromatic N) is 2. The first-order valence-electron chi connectivity index (χ1n) is 8.91. The van der Waals surface area contributed by atoms with Gasteiger partial charge in [-0.15, -0.1) is 11.3 Å². The fourth-order valence-electron chi connectivity index (χ4n) is 3.02. The second-order valence-corrected chi connectivity index (χ2v) is 7.29. The largest absolute Gasteiger partial charge is 0.454 e. The number of amides is 1. The Balaban J connectivity index is 1.35. The highest BCUT2D eigenvalue weighted by Crippen LogP contribution is 2.33. The first-order valence-corrected chi connectivity index (χ1v) is 9.79. The van der Waals surface area contributed by atoms with Gasteiger partial charge in [0.2, 0.25) is 18.5 Å². The molecule has 0 aliphatic carbocycles. The molecule has 3 heterocycles. The lowest BCUT2D eigenvalue weighted by molar-refractivity contribution is 0.102. The maximum Gasteiger partial charge on any atom is 0.255 e. The Kier molecular flexibility index (Phi) is 4.45. The van der Waals surface area contributed by atoms with Crippen LogP contribution in [-0.2, 0) is 6.42 Å². The minimum atomic E-state index is -0.236. The van der Waals surface area contributed by atoms with Crippen LogP contribution in [0.3, 0.4) is 0 Å². The molecule has 1 N–H and O–H groups in total. The van der Waals surface area contributed by atoms with Gasteiger partial charge in [-0.2, -0.15) is 4.98 Å². The molecule has 5 rings (SSSR count). The minimum Gasteiger partial charge on any atom is -0.454 e. The first-order chi connectivity index (χ1) is 14.3. The van der Waals surface area contributed by atoms with Crippen LogP contribution in [0, 0.1) is 0 Å². The number of hydrogen-bond donors (Lipinski definition) is 1. The van der Waals surface area contributed by atoms with Crippen LogP contribution in [0.5, 0.6) is 11.5 Å². The number of aromatic nitrogens is 2. The summed E-state index contributed by atoms with van der Waals surface area (Å²) in [6.45, 7) is 0.168. The van der Waals surface area contributed by atoms with Crippen molar-refractivity contribution >= 4 is 22.9 Å². The number of ether oxygens (including phenoxy) is 2. The predicted octanol–water partition coefficient (Wildman–Crippen LogP) is 4.37. The molecular formula is C21H15N3O4S. The zero-order chi connectivity index (χ0) is 19.6. The average molecular weight is 405 g/mol. The van der Waals surface area contributed by atoms with Crippen LogP contribution in [0.15, 0.2) is 64.5 Å². The molecule has 0 bridgehead atoms. The minimum absolute atomic E-state index is 0.168. The Morgan fingerprint density at radius 2 is 1.97 bits per heavy atom. The highest BCUT2D eigenvalue weighted by atomic mass is 32.1. The summed E-state index contributed by atoms with van der Waals surface area (Å²) in [7, 11) is 0. The van der Waals surface area contributed by atoms with Gasteiger partial charge >= 0.3 is 0 Å². The van der Waals surface area contributed by atoms with Crippen molar-refractivity contribution in [2.75, 3.05) is 12.1 Å². The van der Waals surface area contributed by atoms with Crippen molar-refractivity contribution in [2.45, 2.75) is 6.42 Å². The Morgan fingerprint density at radius 3 is 2.86 bits per heavy atom. The highest BCUT2D eigenvalue weighted by molar-refractivity contribution is 7.13. The van der Waals surface area contributed by atoms with Crippen LogP contribution in [0.1, 0.15) is 21.8 Å². The summed E-state index contributed by atoms with van der Waals surface area (Å²) in [5, 5.41) is 8.95. The van der Waals surface area contributed by atoms with Gasteiger partial charge in [-0.25, -0.2) is 0 Å². The molecule has 0 fully saturated rings. The number of para-hydroxylation sites is 1. The second-order valence-electron chi connectivity index (χ2n) is 6.35. The van der Waals surface area contributed by atoms with E-state index in [0.29, 0.717) is 40.9 Å². The predicted molar refractivity (Wildman–Crippen MR) is 107 cm³/mol. The van der Waals surface area contributed by atoms with Gasteiger partial charge < -0.3 is 19.3 Å². The van der Waals surface area contributed by atoms with Gasteiger partial charge in [-0.05, 0) is 41.3 Å². The molecule has 2 aromatic heterocycles. The normalized spacial score (nSPS) is 12.1. The molecule has 7 nitrogen and oxygen atoms in total. The van der Waals surface area contributed by atoms with Crippen LogP contribution in [0.2, 0.25) is 0 Å². The van der Waals surface area contributed by atoms with Crippen molar-refractivity contribution in [1.29, 1.82) is 0 Å². The maximum atomic E-state index is 12.7. The number of rotatable bonds is 5. The topological polar surface area (TPSA) is 86.5 Å². The van der Waals surface area contributed by atoms with Crippen LogP contribution < -0.4 is 14.8 Å². The molecule has 2 aromatic carbocycles. The third-order valence-corrected chi connectivity index (χ3v) is 5.32. The van der Waals surface area contributed by atoms with Gasteiger partial charge in [0.25, 0.3) is 5.91 Å². The number of nitrogens with one attached hydrogen (secondary N) is 1. The van der Waals surface area contributed by atoms with E-state index in [1.54, 1.807) is 29.5 Å². The molecule has 0 saturated heterocycles. The van der Waals surface area contributed by atoms with Gasteiger partial charge in [0.1, 0.15) is 0 Å². The monoisotopic (exact) mass is 405 g/mol. The van der Waals surface area contributed by atoms with Crippen LogP contribution in [0.4, 0.5) is 5.69 Å². The third-order valence-electron chi connectivity index (χ3n) is 4.45. The summed E-state index contributed by atoms with van der Waals surface area (Å²) in [6, 6.07) is 16.5. The van der Waals surface area contributed by atoms with Gasteiger partial charge in [-0.3, -0.25) is 4.79 Å². The zero-order valence-electron chi connectivity index (χ0n) is 15.1. The average Bonchev–Trinajstić information content (AvgIpc) is 3.50. The molecule has 1 aliphatic rings. The number of anilines is 1. The molecule has 29 heavy (non-hydrogen) atoms. The maximum absolute atomic E-state index is 12.7. The van der Waals surface area contributed by atoms with E-state index >= 15 is 0 Å². The van der Waals surface area contributed by atoms with Crippen molar-refractivity contribution in [3.63, 3.8) is 0 Å². The lowest BCUT2D eigenvalue weighted by Gasteiger charge is -2.10. The van der Waals surface area contributed by atoms with E-state index in [1.165, 1.54) is 0 Å². The van der Waals surface area contributed by atoms with Crippen molar-refractivity contribution in [1.82, 2.24) is 10.1 Å². The number of carbonyl (C=O) groups excluding carboxylic acids is 1. The van der Waals surface area contributed by atoms with Gasteiger partial charge in [0, 0.05) is 11.3 Å². The lowest BCUT2D eigenvalue weighted by Crippen LogP contribution is -2.13. The van der Waals surface area contributed by atoms with E-state index in [1.807, 2.05) is 41.8 Å². The molecule has 1 aliphatic heterocycles. The zero-order valence-corrected chi connectivity index (χ0v) is 15.9. The molecule has 4 aromatic rings. The van der Waals surface area contributed by atoms with E-state index in [2.05, 4.69) is 15.5 Å².